The van der Waals surface area contributed by atoms with E-state index in [1.807, 2.05) is 24.3 Å². The average molecular weight is 269 g/mol. The lowest BCUT2D eigenvalue weighted by Gasteiger charge is -2.26. The molecule has 1 aliphatic heterocycles. The quantitative estimate of drug-likeness (QED) is 0.896. The summed E-state index contributed by atoms with van der Waals surface area (Å²) in [6.45, 7) is 2.56. The minimum atomic E-state index is 0.312. The van der Waals surface area contributed by atoms with E-state index in [0.717, 1.165) is 31.9 Å². The molecule has 2 aromatic carbocycles. The molecule has 2 aromatic rings. The fourth-order valence-electron chi connectivity index (χ4n) is 2.63. The zero-order chi connectivity index (χ0) is 13.8. The number of hydrogen-bond acceptors (Lipinski definition) is 3. The van der Waals surface area contributed by atoms with Crippen molar-refractivity contribution < 1.29 is 9.84 Å². The third-order valence-corrected chi connectivity index (χ3v) is 3.74. The molecule has 0 amide bonds. The molecule has 0 spiro atoms. The summed E-state index contributed by atoms with van der Waals surface area (Å²) in [5.41, 5.74) is 2.49. The summed E-state index contributed by atoms with van der Waals surface area (Å²) in [6.07, 6.45) is 1.06. The minimum Gasteiger partial charge on any atom is -0.508 e. The number of para-hydroxylation sites is 1. The Hall–Kier alpha value is -2.00. The Labute approximate surface area is 119 Å². The number of phenols is 1. The van der Waals surface area contributed by atoms with Crippen molar-refractivity contribution in [3.8, 4) is 11.5 Å². The summed E-state index contributed by atoms with van der Waals surface area (Å²) >= 11 is 0. The van der Waals surface area contributed by atoms with Gasteiger partial charge in [0.25, 0.3) is 0 Å². The van der Waals surface area contributed by atoms with Gasteiger partial charge in [-0.05, 0) is 35.7 Å². The number of rotatable bonds is 4. The maximum Gasteiger partial charge on any atom is 0.122 e. The summed E-state index contributed by atoms with van der Waals surface area (Å²) in [5.74, 6) is 1.85. The molecule has 3 heteroatoms. The molecule has 2 N–H and O–H groups in total. The lowest BCUT2D eigenvalue weighted by Crippen LogP contribution is -2.25. The monoisotopic (exact) mass is 269 g/mol. The van der Waals surface area contributed by atoms with Crippen molar-refractivity contribution in [2.45, 2.75) is 18.9 Å². The number of nitrogens with one attached hydrogen (secondary N) is 1. The third kappa shape index (κ3) is 2.94. The van der Waals surface area contributed by atoms with Gasteiger partial charge in [0, 0.05) is 19.0 Å². The van der Waals surface area contributed by atoms with Crippen molar-refractivity contribution in [3.05, 3.63) is 59.7 Å². The van der Waals surface area contributed by atoms with E-state index >= 15 is 0 Å². The van der Waals surface area contributed by atoms with E-state index < -0.39 is 0 Å². The van der Waals surface area contributed by atoms with Crippen molar-refractivity contribution in [2.24, 2.45) is 0 Å². The largest absolute Gasteiger partial charge is 0.508 e. The molecule has 0 bridgehead atoms. The highest BCUT2D eigenvalue weighted by Gasteiger charge is 2.20. The Balaban J connectivity index is 1.58. The highest BCUT2D eigenvalue weighted by molar-refractivity contribution is 5.38. The second-order valence-corrected chi connectivity index (χ2v) is 5.17. The van der Waals surface area contributed by atoms with Gasteiger partial charge in [0.05, 0.1) is 6.61 Å². The lowest BCUT2D eigenvalue weighted by molar-refractivity contribution is 0.264. The van der Waals surface area contributed by atoms with Crippen molar-refractivity contribution in [3.63, 3.8) is 0 Å². The first kappa shape index (κ1) is 13.0. The van der Waals surface area contributed by atoms with Gasteiger partial charge in [-0.25, -0.2) is 0 Å². The molecule has 104 valence electrons. The third-order valence-electron chi connectivity index (χ3n) is 3.74. The predicted octanol–water partition coefficient (Wildman–Crippen LogP) is 3.05. The number of ether oxygens (including phenoxy) is 1. The van der Waals surface area contributed by atoms with Gasteiger partial charge in [0.15, 0.2) is 0 Å². The van der Waals surface area contributed by atoms with Gasteiger partial charge in [0.1, 0.15) is 11.5 Å². The maximum absolute atomic E-state index is 9.26. The van der Waals surface area contributed by atoms with Crippen LogP contribution in [0.4, 0.5) is 0 Å². The van der Waals surface area contributed by atoms with Crippen molar-refractivity contribution in [1.29, 1.82) is 0 Å². The van der Waals surface area contributed by atoms with E-state index in [1.165, 1.54) is 11.1 Å². The van der Waals surface area contributed by atoms with E-state index in [-0.39, 0.29) is 0 Å². The fourth-order valence-corrected chi connectivity index (χ4v) is 2.63. The lowest BCUT2D eigenvalue weighted by atomic mass is 9.93. The summed E-state index contributed by atoms with van der Waals surface area (Å²) in [7, 11) is 0. The number of aromatic hydroxyl groups is 1. The Bertz CT molecular complexity index is 565. The van der Waals surface area contributed by atoms with Crippen LogP contribution in [0.2, 0.25) is 0 Å². The van der Waals surface area contributed by atoms with Crippen molar-refractivity contribution in [2.75, 3.05) is 13.2 Å². The zero-order valence-electron chi connectivity index (χ0n) is 11.4. The summed E-state index contributed by atoms with van der Waals surface area (Å²) in [4.78, 5) is 0. The van der Waals surface area contributed by atoms with Gasteiger partial charge in [-0.1, -0.05) is 30.3 Å². The first-order chi connectivity index (χ1) is 9.83. The maximum atomic E-state index is 9.26. The molecule has 0 aromatic heterocycles. The van der Waals surface area contributed by atoms with Crippen LogP contribution < -0.4 is 10.1 Å². The molecule has 3 nitrogen and oxygen atoms in total. The van der Waals surface area contributed by atoms with E-state index in [2.05, 4.69) is 17.4 Å². The van der Waals surface area contributed by atoms with Crippen molar-refractivity contribution in [1.82, 2.24) is 5.32 Å². The summed E-state index contributed by atoms with van der Waals surface area (Å²) < 4.78 is 5.68. The predicted molar refractivity (Wildman–Crippen MR) is 79.1 cm³/mol. The molecule has 20 heavy (non-hydrogen) atoms. The van der Waals surface area contributed by atoms with Crippen LogP contribution in [0.15, 0.2) is 48.5 Å². The second-order valence-electron chi connectivity index (χ2n) is 5.17. The van der Waals surface area contributed by atoms with Crippen LogP contribution in [0.3, 0.4) is 0 Å². The van der Waals surface area contributed by atoms with E-state index in [9.17, 15) is 5.11 Å². The molecule has 1 aliphatic rings. The van der Waals surface area contributed by atoms with Crippen LogP contribution in [0.25, 0.3) is 0 Å². The fraction of sp³-hybridized carbons (Fsp3) is 0.294. The van der Waals surface area contributed by atoms with Gasteiger partial charge in [0.2, 0.25) is 0 Å². The standard InChI is InChI=1S/C17H19NO2/c19-15-7-5-13(6-8-15)11-18-12-14-9-10-20-17-4-2-1-3-16(14)17/h1-8,14,18-19H,9-12H2. The molecule has 0 saturated heterocycles. The number of hydrogen-bond donors (Lipinski definition) is 2. The first-order valence-electron chi connectivity index (χ1n) is 7.03. The highest BCUT2D eigenvalue weighted by Crippen LogP contribution is 2.32. The van der Waals surface area contributed by atoms with E-state index in [1.54, 1.807) is 12.1 Å². The number of fused-ring (bicyclic) bond motifs is 1. The van der Waals surface area contributed by atoms with Gasteiger partial charge in [-0.3, -0.25) is 0 Å². The minimum absolute atomic E-state index is 0.312. The van der Waals surface area contributed by atoms with Gasteiger partial charge in [-0.15, -0.1) is 0 Å². The molecule has 0 fully saturated rings. The van der Waals surface area contributed by atoms with Gasteiger partial charge in [-0.2, -0.15) is 0 Å². The first-order valence-corrected chi connectivity index (χ1v) is 7.03. The average Bonchev–Trinajstić information content (AvgIpc) is 2.49. The molecule has 0 radical (unpaired) electrons. The van der Waals surface area contributed by atoms with Crippen LogP contribution in [0, 0.1) is 0 Å². The Morgan fingerprint density at radius 3 is 2.75 bits per heavy atom. The number of phenolic OH excluding ortho intramolecular Hbond substituents is 1. The molecule has 0 saturated carbocycles. The molecule has 1 atom stereocenters. The SMILES string of the molecule is Oc1ccc(CNCC2CCOc3ccccc32)cc1. The molecule has 1 unspecified atom stereocenters. The number of benzene rings is 2. The van der Waals surface area contributed by atoms with Crippen LogP contribution in [-0.4, -0.2) is 18.3 Å². The zero-order valence-corrected chi connectivity index (χ0v) is 11.4. The van der Waals surface area contributed by atoms with Crippen LogP contribution >= 0.6 is 0 Å². The molecule has 3 rings (SSSR count). The normalized spacial score (nSPS) is 17.3. The Kier molecular flexibility index (Phi) is 3.88. The molecule has 1 heterocycles. The van der Waals surface area contributed by atoms with Crippen LogP contribution in [0.5, 0.6) is 11.5 Å². The Morgan fingerprint density at radius 1 is 1.10 bits per heavy atom. The summed E-state index contributed by atoms with van der Waals surface area (Å²) in [5, 5.41) is 12.8. The summed E-state index contributed by atoms with van der Waals surface area (Å²) in [6, 6.07) is 15.6. The van der Waals surface area contributed by atoms with Crippen molar-refractivity contribution >= 4 is 0 Å². The van der Waals surface area contributed by atoms with Gasteiger partial charge < -0.3 is 15.2 Å². The molecule has 0 aliphatic carbocycles. The van der Waals surface area contributed by atoms with E-state index in [0.29, 0.717) is 11.7 Å². The molecular formula is C17H19NO2. The smallest absolute Gasteiger partial charge is 0.122 e. The Morgan fingerprint density at radius 2 is 1.90 bits per heavy atom. The topological polar surface area (TPSA) is 41.5 Å². The molecular weight excluding hydrogens is 250 g/mol. The van der Waals surface area contributed by atoms with Crippen LogP contribution in [0.1, 0.15) is 23.5 Å². The highest BCUT2D eigenvalue weighted by atomic mass is 16.5. The van der Waals surface area contributed by atoms with Crippen LogP contribution in [-0.2, 0) is 6.54 Å². The van der Waals surface area contributed by atoms with E-state index in [4.69, 9.17) is 4.74 Å². The van der Waals surface area contributed by atoms with Gasteiger partial charge >= 0.3 is 0 Å². The second kappa shape index (κ2) is 5.97.